The fourth-order valence-electron chi connectivity index (χ4n) is 4.10. The maximum absolute atomic E-state index is 12.4. The molecule has 0 bridgehead atoms. The number of hydrazone groups is 1. The van der Waals surface area contributed by atoms with Gasteiger partial charge in [-0.3, -0.25) is 9.78 Å². The second-order valence-corrected chi connectivity index (χ2v) is 8.52. The van der Waals surface area contributed by atoms with Crippen molar-refractivity contribution in [1.82, 2.24) is 14.9 Å². The second-order valence-electron chi connectivity index (χ2n) is 8.52. The highest BCUT2D eigenvalue weighted by Crippen LogP contribution is 2.19. The van der Waals surface area contributed by atoms with Crippen molar-refractivity contribution in [2.75, 3.05) is 31.7 Å². The Bertz CT molecular complexity index is 1230. The van der Waals surface area contributed by atoms with Crippen LogP contribution in [0.5, 0.6) is 5.75 Å². The zero-order valence-electron chi connectivity index (χ0n) is 19.7. The molecule has 8 heteroatoms. The fraction of sp³-hybridized carbons (Fsp3) is 0.333. The van der Waals surface area contributed by atoms with Gasteiger partial charge in [-0.1, -0.05) is 48.9 Å². The van der Waals surface area contributed by atoms with E-state index in [1.165, 1.54) is 32.4 Å². The van der Waals surface area contributed by atoms with Crippen molar-refractivity contribution in [2.24, 2.45) is 5.10 Å². The van der Waals surface area contributed by atoms with Gasteiger partial charge in [0.1, 0.15) is 17.4 Å². The third-order valence-electron chi connectivity index (χ3n) is 5.91. The SMILES string of the molecule is N#Cc1c(-c2ccccc2)nc(NN=Cc2cccc(OCCCCN3CCCCC3)c2)[nH]c1=O. The largest absolute Gasteiger partial charge is 0.494 e. The molecule has 0 unspecified atom stereocenters. The van der Waals surface area contributed by atoms with Crippen LogP contribution >= 0.6 is 0 Å². The van der Waals surface area contributed by atoms with E-state index in [1.54, 1.807) is 18.3 Å². The highest BCUT2D eigenvalue weighted by atomic mass is 16.5. The van der Waals surface area contributed by atoms with Crippen molar-refractivity contribution in [3.05, 3.63) is 76.1 Å². The van der Waals surface area contributed by atoms with Crippen molar-refractivity contribution < 1.29 is 4.74 Å². The van der Waals surface area contributed by atoms with Crippen LogP contribution in [0.1, 0.15) is 43.2 Å². The number of benzene rings is 2. The number of ether oxygens (including phenoxy) is 1. The zero-order valence-corrected chi connectivity index (χ0v) is 19.7. The van der Waals surface area contributed by atoms with Crippen LogP contribution in [0, 0.1) is 11.3 Å². The molecule has 1 aliphatic heterocycles. The summed E-state index contributed by atoms with van der Waals surface area (Å²) >= 11 is 0. The lowest BCUT2D eigenvalue weighted by Crippen LogP contribution is -2.30. The molecule has 0 aliphatic carbocycles. The Kier molecular flexibility index (Phi) is 8.63. The molecular weight excluding hydrogens is 440 g/mol. The number of likely N-dealkylation sites (tertiary alicyclic amines) is 1. The van der Waals surface area contributed by atoms with Gasteiger partial charge in [0, 0.05) is 5.56 Å². The van der Waals surface area contributed by atoms with E-state index in [-0.39, 0.29) is 11.5 Å². The average molecular weight is 471 g/mol. The lowest BCUT2D eigenvalue weighted by molar-refractivity contribution is 0.216. The molecule has 2 aromatic carbocycles. The van der Waals surface area contributed by atoms with E-state index in [2.05, 4.69) is 25.4 Å². The second kappa shape index (κ2) is 12.5. The van der Waals surface area contributed by atoms with Crippen LogP contribution in [0.4, 0.5) is 5.95 Å². The van der Waals surface area contributed by atoms with Crippen LogP contribution in [-0.2, 0) is 0 Å². The van der Waals surface area contributed by atoms with Crippen LogP contribution < -0.4 is 15.7 Å². The fourth-order valence-corrected chi connectivity index (χ4v) is 4.10. The molecule has 3 aromatic rings. The quantitative estimate of drug-likeness (QED) is 0.258. The Labute approximate surface area is 205 Å². The molecule has 35 heavy (non-hydrogen) atoms. The van der Waals surface area contributed by atoms with Gasteiger partial charge in [0.05, 0.1) is 18.5 Å². The van der Waals surface area contributed by atoms with Gasteiger partial charge in [0.15, 0.2) is 0 Å². The normalized spacial score (nSPS) is 14.0. The summed E-state index contributed by atoms with van der Waals surface area (Å²) in [4.78, 5) is 21.8. The van der Waals surface area contributed by atoms with Gasteiger partial charge in [-0.25, -0.2) is 10.4 Å². The number of H-pyrrole nitrogens is 1. The van der Waals surface area contributed by atoms with Crippen LogP contribution in [0.25, 0.3) is 11.3 Å². The number of nitrogens with one attached hydrogen (secondary N) is 2. The smallest absolute Gasteiger partial charge is 0.270 e. The van der Waals surface area contributed by atoms with Gasteiger partial charge >= 0.3 is 0 Å². The van der Waals surface area contributed by atoms with E-state index in [0.717, 1.165) is 30.7 Å². The van der Waals surface area contributed by atoms with Gasteiger partial charge in [-0.05, 0) is 63.0 Å². The molecule has 0 spiro atoms. The van der Waals surface area contributed by atoms with Gasteiger partial charge < -0.3 is 9.64 Å². The summed E-state index contributed by atoms with van der Waals surface area (Å²) in [6.45, 7) is 4.30. The first-order valence-corrected chi connectivity index (χ1v) is 12.1. The predicted octanol–water partition coefficient (Wildman–Crippen LogP) is 4.40. The van der Waals surface area contributed by atoms with E-state index in [0.29, 0.717) is 17.9 Å². The molecule has 1 aromatic heterocycles. The number of piperidine rings is 1. The van der Waals surface area contributed by atoms with Crippen molar-refractivity contribution in [3.63, 3.8) is 0 Å². The van der Waals surface area contributed by atoms with Crippen LogP contribution in [-0.4, -0.2) is 47.3 Å². The molecule has 1 fully saturated rings. The Morgan fingerprint density at radius 2 is 1.94 bits per heavy atom. The minimum absolute atomic E-state index is 0.0356. The predicted molar refractivity (Wildman–Crippen MR) is 138 cm³/mol. The van der Waals surface area contributed by atoms with Crippen molar-refractivity contribution in [1.29, 1.82) is 5.26 Å². The van der Waals surface area contributed by atoms with Crippen LogP contribution in [0.2, 0.25) is 0 Å². The number of hydrogen-bond acceptors (Lipinski definition) is 7. The minimum Gasteiger partial charge on any atom is -0.494 e. The van der Waals surface area contributed by atoms with Crippen molar-refractivity contribution in [2.45, 2.75) is 32.1 Å². The van der Waals surface area contributed by atoms with E-state index >= 15 is 0 Å². The summed E-state index contributed by atoms with van der Waals surface area (Å²) in [6.07, 6.45) is 7.81. The number of aromatic nitrogens is 2. The van der Waals surface area contributed by atoms with E-state index in [4.69, 9.17) is 4.74 Å². The molecule has 1 saturated heterocycles. The maximum Gasteiger partial charge on any atom is 0.270 e. The number of nitrogens with zero attached hydrogens (tertiary/aromatic N) is 4. The zero-order chi connectivity index (χ0) is 24.3. The highest BCUT2D eigenvalue weighted by Gasteiger charge is 2.13. The summed E-state index contributed by atoms with van der Waals surface area (Å²) in [5.41, 5.74) is 4.04. The van der Waals surface area contributed by atoms with Gasteiger partial charge in [0.2, 0.25) is 5.95 Å². The lowest BCUT2D eigenvalue weighted by Gasteiger charge is -2.26. The molecule has 0 radical (unpaired) electrons. The number of unbranched alkanes of at least 4 members (excludes halogenated alkanes) is 1. The Morgan fingerprint density at radius 1 is 1.11 bits per heavy atom. The molecular formula is C27H30N6O2. The van der Waals surface area contributed by atoms with E-state index in [9.17, 15) is 10.1 Å². The van der Waals surface area contributed by atoms with Crippen LogP contribution in [0.15, 0.2) is 64.5 Å². The average Bonchev–Trinajstić information content (AvgIpc) is 2.89. The van der Waals surface area contributed by atoms with E-state index in [1.807, 2.05) is 48.5 Å². The van der Waals surface area contributed by atoms with Gasteiger partial charge in [-0.2, -0.15) is 10.4 Å². The summed E-state index contributed by atoms with van der Waals surface area (Å²) in [5.74, 6) is 0.952. The third kappa shape index (κ3) is 7.01. The maximum atomic E-state index is 12.4. The van der Waals surface area contributed by atoms with Gasteiger partial charge in [0.25, 0.3) is 5.56 Å². The monoisotopic (exact) mass is 470 g/mol. The molecule has 4 rings (SSSR count). The number of aromatic amines is 1. The Hall–Kier alpha value is -3.96. The van der Waals surface area contributed by atoms with Gasteiger partial charge in [-0.15, -0.1) is 0 Å². The number of nitriles is 1. The lowest BCUT2D eigenvalue weighted by atomic mass is 10.1. The standard InChI is InChI=1S/C27H30N6O2/c28-19-24-25(22-11-3-1-4-12-22)30-27(31-26(24)34)32-29-20-21-10-9-13-23(18-21)35-17-8-7-16-33-14-5-2-6-15-33/h1,3-4,9-13,18,20H,2,5-8,14-17H2,(H2,30,31,32,34). The molecule has 0 atom stereocenters. The molecule has 1 aliphatic rings. The number of rotatable bonds is 10. The Balaban J connectivity index is 1.32. The third-order valence-corrected chi connectivity index (χ3v) is 5.91. The summed E-state index contributed by atoms with van der Waals surface area (Å²) in [5, 5.41) is 13.6. The first-order valence-electron chi connectivity index (χ1n) is 12.1. The molecule has 8 nitrogen and oxygen atoms in total. The first-order chi connectivity index (χ1) is 17.2. The summed E-state index contributed by atoms with van der Waals surface area (Å²) < 4.78 is 5.92. The molecule has 0 amide bonds. The molecule has 180 valence electrons. The molecule has 2 N–H and O–H groups in total. The van der Waals surface area contributed by atoms with Crippen molar-refractivity contribution >= 4 is 12.2 Å². The van der Waals surface area contributed by atoms with Crippen LogP contribution in [0.3, 0.4) is 0 Å². The summed E-state index contributed by atoms with van der Waals surface area (Å²) in [6, 6.07) is 18.7. The number of anilines is 1. The highest BCUT2D eigenvalue weighted by molar-refractivity contribution is 5.80. The summed E-state index contributed by atoms with van der Waals surface area (Å²) in [7, 11) is 0. The van der Waals surface area contributed by atoms with E-state index < -0.39 is 5.56 Å². The topological polar surface area (TPSA) is 106 Å². The minimum atomic E-state index is -0.519. The Morgan fingerprint density at radius 3 is 2.74 bits per heavy atom. The first kappa shape index (κ1) is 24.2. The number of hydrogen-bond donors (Lipinski definition) is 2. The molecule has 0 saturated carbocycles. The van der Waals surface area contributed by atoms with Crippen molar-refractivity contribution in [3.8, 4) is 23.1 Å². The molecule has 2 heterocycles.